The third-order valence-electron chi connectivity index (χ3n) is 12.3. The number of allylic oxidation sites excluding steroid dienone is 1. The molecule has 0 aromatic rings. The molecule has 14 atom stereocenters. The van der Waals surface area contributed by atoms with Crippen LogP contribution in [0.25, 0.3) is 0 Å². The lowest BCUT2D eigenvalue weighted by Crippen LogP contribution is -2.63. The van der Waals surface area contributed by atoms with Crippen molar-refractivity contribution in [3.63, 3.8) is 0 Å². The summed E-state index contributed by atoms with van der Waals surface area (Å²) in [5.41, 5.74) is -1.66. The van der Waals surface area contributed by atoms with Gasteiger partial charge in [0.2, 0.25) is 0 Å². The molecule has 0 bridgehead atoms. The topological polar surface area (TPSA) is 102 Å². The molecule has 2 saturated heterocycles. The lowest BCUT2D eigenvalue weighted by molar-refractivity contribution is -0.175. The fourth-order valence-corrected chi connectivity index (χ4v) is 10.2. The predicted octanol–water partition coefficient (Wildman–Crippen LogP) is 3.86. The number of rotatable bonds is 3. The van der Waals surface area contributed by atoms with Crippen molar-refractivity contribution >= 4 is 17.7 Å². The maximum Gasteiger partial charge on any atom is 0.309 e. The number of esters is 2. The van der Waals surface area contributed by atoms with Crippen LogP contribution in [-0.2, 0) is 28.6 Å². The molecule has 0 radical (unpaired) electrons. The van der Waals surface area contributed by atoms with Gasteiger partial charge in [0.15, 0.2) is 5.78 Å². The Balaban J connectivity index is 1.34. The molecule has 5 fully saturated rings. The zero-order chi connectivity index (χ0) is 26.7. The highest BCUT2D eigenvalue weighted by atomic mass is 16.6. The molecule has 1 N–H and O–H groups in total. The van der Waals surface area contributed by atoms with Crippen molar-refractivity contribution in [2.24, 2.45) is 52.3 Å². The molecule has 6 aliphatic rings. The number of aliphatic hydroxyl groups is 1. The number of cyclic esters (lactones) is 1. The number of epoxide rings is 1. The van der Waals surface area contributed by atoms with Gasteiger partial charge in [-0.1, -0.05) is 27.7 Å². The minimum absolute atomic E-state index is 0.0475. The van der Waals surface area contributed by atoms with Crippen molar-refractivity contribution in [1.82, 2.24) is 0 Å². The summed E-state index contributed by atoms with van der Waals surface area (Å²) in [6, 6.07) is 0. The average molecular weight is 515 g/mol. The second-order valence-electron chi connectivity index (χ2n) is 13.7. The Bertz CT molecular complexity index is 1050. The van der Waals surface area contributed by atoms with E-state index in [1.165, 1.54) is 6.92 Å². The highest BCUT2D eigenvalue weighted by molar-refractivity contribution is 5.98. The second kappa shape index (κ2) is 8.14. The van der Waals surface area contributed by atoms with Crippen molar-refractivity contribution in [2.45, 2.75) is 104 Å². The highest BCUT2D eigenvalue weighted by Crippen LogP contribution is 2.73. The van der Waals surface area contributed by atoms with E-state index in [2.05, 4.69) is 20.8 Å². The van der Waals surface area contributed by atoms with E-state index in [0.717, 1.165) is 32.1 Å². The van der Waals surface area contributed by atoms with Crippen molar-refractivity contribution in [1.29, 1.82) is 0 Å². The molecule has 7 heteroatoms. The van der Waals surface area contributed by atoms with Gasteiger partial charge in [-0.15, -0.1) is 0 Å². The maximum atomic E-state index is 13.4. The number of carbonyl (C=O) groups excluding carboxylic acids is 3. The van der Waals surface area contributed by atoms with Gasteiger partial charge in [0.25, 0.3) is 0 Å². The molecule has 0 aromatic heterocycles. The van der Waals surface area contributed by atoms with Gasteiger partial charge in [-0.05, 0) is 86.2 Å². The van der Waals surface area contributed by atoms with E-state index in [-0.39, 0.29) is 82.9 Å². The zero-order valence-corrected chi connectivity index (χ0v) is 22.9. The third kappa shape index (κ3) is 3.22. The molecule has 1 spiro atoms. The largest absolute Gasteiger partial charge is 0.462 e. The Morgan fingerprint density at radius 1 is 1.16 bits per heavy atom. The van der Waals surface area contributed by atoms with Gasteiger partial charge >= 0.3 is 11.9 Å². The van der Waals surface area contributed by atoms with Crippen LogP contribution in [0, 0.1) is 52.3 Å². The Kier molecular flexibility index (Phi) is 5.62. The van der Waals surface area contributed by atoms with Crippen LogP contribution in [0.15, 0.2) is 12.2 Å². The van der Waals surface area contributed by atoms with E-state index >= 15 is 0 Å². The van der Waals surface area contributed by atoms with Crippen LogP contribution in [0.1, 0.15) is 73.6 Å². The lowest BCUT2D eigenvalue weighted by Gasteiger charge is -2.58. The SMILES string of the molecule is CC(=O)OC1CC2C3CC4OC45C(O)C=CC(=O)C5(C)C3CCC2(C)C1C(C)C1CC(C)C(C)C(=O)O1. The summed E-state index contributed by atoms with van der Waals surface area (Å²) in [5.74, 6) is 0.522. The number of carbonyl (C=O) groups is 3. The zero-order valence-electron chi connectivity index (χ0n) is 22.9. The van der Waals surface area contributed by atoms with Gasteiger partial charge in [0.05, 0.1) is 17.4 Å². The minimum Gasteiger partial charge on any atom is -0.462 e. The van der Waals surface area contributed by atoms with Gasteiger partial charge < -0.3 is 19.3 Å². The molecule has 2 aliphatic heterocycles. The van der Waals surface area contributed by atoms with Crippen LogP contribution in [0.2, 0.25) is 0 Å². The molecule has 204 valence electrons. The van der Waals surface area contributed by atoms with Crippen molar-refractivity contribution in [3.05, 3.63) is 12.2 Å². The van der Waals surface area contributed by atoms with Crippen LogP contribution in [-0.4, -0.2) is 52.8 Å². The molecule has 0 aromatic carbocycles. The summed E-state index contributed by atoms with van der Waals surface area (Å²) in [4.78, 5) is 38.3. The molecule has 0 amide bonds. The van der Waals surface area contributed by atoms with Gasteiger partial charge in [0, 0.05) is 12.8 Å². The van der Waals surface area contributed by atoms with E-state index in [4.69, 9.17) is 14.2 Å². The monoisotopic (exact) mass is 514 g/mol. The fourth-order valence-electron chi connectivity index (χ4n) is 10.2. The van der Waals surface area contributed by atoms with Crippen LogP contribution in [0.5, 0.6) is 0 Å². The van der Waals surface area contributed by atoms with Crippen LogP contribution < -0.4 is 0 Å². The Labute approximate surface area is 219 Å². The Morgan fingerprint density at radius 2 is 1.89 bits per heavy atom. The molecule has 4 aliphatic carbocycles. The summed E-state index contributed by atoms with van der Waals surface area (Å²) >= 11 is 0. The summed E-state index contributed by atoms with van der Waals surface area (Å²) in [5, 5.41) is 10.9. The summed E-state index contributed by atoms with van der Waals surface area (Å²) in [6.45, 7) is 12.1. The van der Waals surface area contributed by atoms with Crippen molar-refractivity contribution in [3.8, 4) is 0 Å². The quantitative estimate of drug-likeness (QED) is 0.451. The van der Waals surface area contributed by atoms with Gasteiger partial charge in [-0.25, -0.2) is 0 Å². The first-order valence-electron chi connectivity index (χ1n) is 14.3. The van der Waals surface area contributed by atoms with Gasteiger partial charge in [-0.3, -0.25) is 14.4 Å². The highest BCUT2D eigenvalue weighted by Gasteiger charge is 2.80. The van der Waals surface area contributed by atoms with E-state index in [9.17, 15) is 19.5 Å². The molecule has 3 saturated carbocycles. The van der Waals surface area contributed by atoms with Gasteiger partial charge in [0.1, 0.15) is 23.9 Å². The molecular formula is C30H42O7. The average Bonchev–Trinajstić information content (AvgIpc) is 3.49. The molecule has 2 heterocycles. The van der Waals surface area contributed by atoms with Gasteiger partial charge in [-0.2, -0.15) is 0 Å². The summed E-state index contributed by atoms with van der Waals surface area (Å²) in [7, 11) is 0. The van der Waals surface area contributed by atoms with Crippen LogP contribution >= 0.6 is 0 Å². The number of hydrogen-bond acceptors (Lipinski definition) is 7. The molecule has 37 heavy (non-hydrogen) atoms. The number of fused-ring (bicyclic) bond motifs is 4. The van der Waals surface area contributed by atoms with E-state index in [0.29, 0.717) is 0 Å². The smallest absolute Gasteiger partial charge is 0.309 e. The van der Waals surface area contributed by atoms with Crippen LogP contribution in [0.3, 0.4) is 0 Å². The summed E-state index contributed by atoms with van der Waals surface area (Å²) < 4.78 is 18.3. The van der Waals surface area contributed by atoms with Crippen molar-refractivity contribution < 1.29 is 33.7 Å². The molecule has 14 unspecified atom stereocenters. The second-order valence-corrected chi connectivity index (χ2v) is 13.7. The van der Waals surface area contributed by atoms with E-state index in [1.807, 2.05) is 13.8 Å². The summed E-state index contributed by atoms with van der Waals surface area (Å²) in [6.07, 6.45) is 5.99. The van der Waals surface area contributed by atoms with Crippen LogP contribution in [0.4, 0.5) is 0 Å². The fraction of sp³-hybridized carbons (Fsp3) is 0.833. The molecule has 6 rings (SSSR count). The van der Waals surface area contributed by atoms with Crippen molar-refractivity contribution in [2.75, 3.05) is 0 Å². The first-order valence-corrected chi connectivity index (χ1v) is 14.3. The Morgan fingerprint density at radius 3 is 2.57 bits per heavy atom. The number of ether oxygens (including phenoxy) is 3. The lowest BCUT2D eigenvalue weighted by atomic mass is 9.44. The number of hydrogen-bond donors (Lipinski definition) is 1. The first-order chi connectivity index (χ1) is 17.4. The Hall–Kier alpha value is -1.73. The molecular weight excluding hydrogens is 472 g/mol. The first kappa shape index (κ1) is 25.5. The number of ketones is 1. The predicted molar refractivity (Wildman–Crippen MR) is 134 cm³/mol. The minimum atomic E-state index is -0.794. The van der Waals surface area contributed by atoms with E-state index < -0.39 is 17.1 Å². The standard InChI is InChI=1S/C30H42O7/c1-14-11-21(36-27(34)15(14)2)16(3)26-22(35-17(4)31)13-20-18-12-25-30(37-25)24(33)8-7-23(32)29(30,6)19(18)9-10-28(20,26)5/h7-8,14-16,18-22,24-26,33H,9-13H2,1-6H3. The number of aliphatic hydroxyl groups excluding tert-OH is 1. The molecule has 7 nitrogen and oxygen atoms in total. The van der Waals surface area contributed by atoms with E-state index in [1.54, 1.807) is 12.2 Å². The normalized spacial score (nSPS) is 54.8. The third-order valence-corrected chi connectivity index (χ3v) is 12.3. The maximum absolute atomic E-state index is 13.4.